The second-order valence-corrected chi connectivity index (χ2v) is 15.7. The number of piperidine rings is 1. The molecular formula is C42H82FN3O6. The fraction of sp³-hybridized carbons (Fsp3) is 0.833. The largest absolute Gasteiger partial charge is 0.412 e. The van der Waals surface area contributed by atoms with Crippen molar-refractivity contribution >= 4 is 6.41 Å². The molecule has 1 aliphatic carbocycles. The van der Waals surface area contributed by atoms with E-state index in [9.17, 15) is 4.39 Å². The summed E-state index contributed by atoms with van der Waals surface area (Å²) >= 11 is 0. The normalized spacial score (nSPS) is 26.5. The molecular weight excluding hydrogens is 661 g/mol. The summed E-state index contributed by atoms with van der Waals surface area (Å²) in [6.45, 7) is 27.1. The first-order chi connectivity index (χ1) is 24.7. The first-order valence-corrected chi connectivity index (χ1v) is 19.9. The quantitative estimate of drug-likeness (QED) is 0.0974. The predicted molar refractivity (Wildman–Crippen MR) is 214 cm³/mol. The Labute approximate surface area is 318 Å². The number of aliphatic hydroxyl groups excluding tert-OH is 2. The Kier molecular flexibility index (Phi) is 29.7. The number of likely N-dealkylation sites (tertiary alicyclic amines) is 1. The third kappa shape index (κ3) is 19.0. The molecule has 0 bridgehead atoms. The first-order valence-electron chi connectivity index (χ1n) is 19.9. The van der Waals surface area contributed by atoms with E-state index in [1.54, 1.807) is 0 Å². The Bertz CT molecular complexity index is 939. The molecule has 9 atom stereocenters. The lowest BCUT2D eigenvalue weighted by molar-refractivity contribution is -0.106. The van der Waals surface area contributed by atoms with Crippen molar-refractivity contribution in [2.45, 2.75) is 158 Å². The second kappa shape index (κ2) is 29.5. The van der Waals surface area contributed by atoms with Crippen LogP contribution in [0, 0.1) is 40.8 Å². The highest BCUT2D eigenvalue weighted by molar-refractivity contribution is 5.42. The van der Waals surface area contributed by atoms with Gasteiger partial charge in [0.15, 0.2) is 0 Å². The number of halogens is 1. The minimum Gasteiger partial charge on any atom is -0.412 e. The topological polar surface area (TPSA) is 140 Å². The molecule has 1 saturated carbocycles. The van der Waals surface area contributed by atoms with Crippen LogP contribution in [0.2, 0.25) is 0 Å². The van der Waals surface area contributed by atoms with Gasteiger partial charge in [-0.25, -0.2) is 4.39 Å². The van der Waals surface area contributed by atoms with Crippen LogP contribution in [-0.4, -0.2) is 73.4 Å². The summed E-state index contributed by atoms with van der Waals surface area (Å²) in [4.78, 5) is 15.6. The van der Waals surface area contributed by atoms with Crippen molar-refractivity contribution in [1.29, 1.82) is 0 Å². The van der Waals surface area contributed by atoms with E-state index in [1.807, 2.05) is 0 Å². The van der Waals surface area contributed by atoms with E-state index in [4.69, 9.17) is 30.4 Å². The van der Waals surface area contributed by atoms with Gasteiger partial charge >= 0.3 is 0 Å². The van der Waals surface area contributed by atoms with E-state index in [-0.39, 0.29) is 17.8 Å². The number of nitrogens with two attached hydrogens (primary N) is 2. The Morgan fingerprint density at radius 1 is 0.865 bits per heavy atom. The lowest BCUT2D eigenvalue weighted by Crippen LogP contribution is -2.56. The summed E-state index contributed by atoms with van der Waals surface area (Å²) in [7, 11) is 2.00. The predicted octanol–water partition coefficient (Wildman–Crippen LogP) is 8.74. The number of nitrogens with zero attached hydrogens (tertiary/aromatic N) is 1. The van der Waals surface area contributed by atoms with Crippen LogP contribution in [-0.2, 0) is 14.3 Å². The molecule has 5 unspecified atom stereocenters. The number of amides is 1. The van der Waals surface area contributed by atoms with Crippen molar-refractivity contribution in [3.05, 3.63) is 30.1 Å². The van der Waals surface area contributed by atoms with Gasteiger partial charge in [-0.05, 0) is 131 Å². The molecule has 2 fully saturated rings. The molecule has 6 N–H and O–H groups in total. The second-order valence-electron chi connectivity index (χ2n) is 15.7. The van der Waals surface area contributed by atoms with Crippen molar-refractivity contribution in [2.24, 2.45) is 46.6 Å². The van der Waals surface area contributed by atoms with Crippen LogP contribution >= 0.6 is 0 Å². The van der Waals surface area contributed by atoms with E-state index in [1.165, 1.54) is 95.0 Å². The number of primary amides is 1. The summed E-state index contributed by atoms with van der Waals surface area (Å²) in [6.07, 6.45) is 15.1. The summed E-state index contributed by atoms with van der Waals surface area (Å²) in [5.74, 6) is 8.67. The zero-order valence-electron chi connectivity index (χ0n) is 35.3. The van der Waals surface area contributed by atoms with Crippen molar-refractivity contribution in [3.8, 4) is 5.75 Å². The van der Waals surface area contributed by atoms with Crippen LogP contribution in [0.3, 0.4) is 0 Å². The maximum atomic E-state index is 12.1. The summed E-state index contributed by atoms with van der Waals surface area (Å²) in [5, 5.41) is 14.0. The van der Waals surface area contributed by atoms with Crippen LogP contribution in [0.5, 0.6) is 5.75 Å². The average molecular weight is 744 g/mol. The molecule has 1 saturated heterocycles. The molecule has 0 spiro atoms. The summed E-state index contributed by atoms with van der Waals surface area (Å²) in [5.41, 5.74) is 4.82. The number of carbonyl (C=O) groups is 1. The van der Waals surface area contributed by atoms with Gasteiger partial charge in [0.1, 0.15) is 11.6 Å². The number of hydrogen-bond acceptors (Lipinski definition) is 8. The number of ether oxygens (including phenoxy) is 2. The monoisotopic (exact) mass is 744 g/mol. The van der Waals surface area contributed by atoms with Gasteiger partial charge in [-0.15, -0.1) is 0 Å². The van der Waals surface area contributed by atoms with E-state index in [0.717, 1.165) is 51.7 Å². The summed E-state index contributed by atoms with van der Waals surface area (Å²) in [6, 6.07) is 5.47. The van der Waals surface area contributed by atoms with Crippen LogP contribution in [0.25, 0.3) is 0 Å². The van der Waals surface area contributed by atoms with Gasteiger partial charge in [-0.2, -0.15) is 5.90 Å². The van der Waals surface area contributed by atoms with Gasteiger partial charge in [0.05, 0.1) is 25.5 Å². The van der Waals surface area contributed by atoms with Crippen LogP contribution in [0.15, 0.2) is 24.3 Å². The number of benzene rings is 1. The molecule has 1 heterocycles. The van der Waals surface area contributed by atoms with Crippen molar-refractivity contribution in [2.75, 3.05) is 34.1 Å². The lowest BCUT2D eigenvalue weighted by atomic mass is 9.58. The lowest BCUT2D eigenvalue weighted by Gasteiger charge is -2.51. The molecule has 9 nitrogen and oxygen atoms in total. The molecule has 308 valence electrons. The smallest absolute Gasteiger partial charge is 0.204 e. The third-order valence-corrected chi connectivity index (χ3v) is 11.9. The van der Waals surface area contributed by atoms with Gasteiger partial charge in [0, 0.05) is 26.3 Å². The Hall–Kier alpha value is -1.82. The molecule has 1 aromatic carbocycles. The van der Waals surface area contributed by atoms with Crippen molar-refractivity contribution in [1.82, 2.24) is 4.90 Å². The zero-order chi connectivity index (χ0) is 40.3. The van der Waals surface area contributed by atoms with Gasteiger partial charge in [0.2, 0.25) is 6.41 Å². The first kappa shape index (κ1) is 52.3. The van der Waals surface area contributed by atoms with Crippen LogP contribution in [0.4, 0.5) is 4.39 Å². The van der Waals surface area contributed by atoms with Crippen molar-refractivity contribution < 1.29 is 33.7 Å². The molecule has 1 amide bonds. The minimum atomic E-state index is -0.296. The fourth-order valence-corrected chi connectivity index (χ4v) is 7.80. The molecule has 52 heavy (non-hydrogen) atoms. The Morgan fingerprint density at radius 2 is 1.37 bits per heavy atom. The van der Waals surface area contributed by atoms with Gasteiger partial charge in [-0.1, -0.05) is 67.7 Å². The molecule has 2 aliphatic rings. The number of carbonyl (C=O) groups excluding carboxylic acids is 1. The fourth-order valence-electron chi connectivity index (χ4n) is 7.80. The van der Waals surface area contributed by atoms with Crippen LogP contribution in [0.1, 0.15) is 140 Å². The molecule has 1 aliphatic heterocycles. The Morgan fingerprint density at radius 3 is 1.88 bits per heavy atom. The highest BCUT2D eigenvalue weighted by Crippen LogP contribution is 2.50. The third-order valence-electron chi connectivity index (χ3n) is 11.9. The highest BCUT2D eigenvalue weighted by Gasteiger charge is 2.45. The van der Waals surface area contributed by atoms with E-state index in [0.29, 0.717) is 35.2 Å². The van der Waals surface area contributed by atoms with E-state index < -0.39 is 0 Å². The summed E-state index contributed by atoms with van der Waals surface area (Å²) < 4.78 is 24.9. The number of rotatable bonds is 16. The molecule has 1 aromatic rings. The van der Waals surface area contributed by atoms with E-state index >= 15 is 0 Å². The van der Waals surface area contributed by atoms with Gasteiger partial charge in [0.25, 0.3) is 0 Å². The van der Waals surface area contributed by atoms with Crippen LogP contribution < -0.4 is 16.5 Å². The molecule has 0 radical (unpaired) electrons. The highest BCUT2D eigenvalue weighted by atomic mass is 19.1. The zero-order valence-corrected chi connectivity index (χ0v) is 35.3. The number of aliphatic hydroxyl groups is 2. The molecule has 10 heteroatoms. The van der Waals surface area contributed by atoms with Gasteiger partial charge in [-0.3, -0.25) is 9.69 Å². The average Bonchev–Trinajstić information content (AvgIpc) is 3.14. The molecule has 3 rings (SSSR count). The minimum absolute atomic E-state index is 0.248. The Balaban J connectivity index is 0. The van der Waals surface area contributed by atoms with Crippen molar-refractivity contribution in [3.63, 3.8) is 0 Å². The standard InChI is InChI=1S/C33H65NO2.C6H6FNO.CH3NO.2CH4O/c1-11-13-29(7)35-23-31-21-25(3)17-19-32(31,9)27(5)15-16-28(6)33(10)20-18-26(4)22-34(33)24-36-30(8)14-12-2;7-5-1-3-6(9-8)4-2-5;2-1-3;2*1-2/h25-31H,11-24H2,1-10H3;1-4H,8H2;1H,(H2,2,3);2*2H,1H3/t25-,26-,27?,28?,29?,30?,31?,32+,33+;;;;/m1..../s1. The van der Waals surface area contributed by atoms with E-state index in [2.05, 4.69) is 84.7 Å². The molecule has 0 aromatic heterocycles. The SMILES string of the molecule is CCCC(C)OCC1C[C@H](C)CC[C@@]1(C)C(C)CCC(C)[C@]1(C)CC[C@@H](C)CN1COC(C)CCC.CO.CO.NC=O.NOc1ccc(F)cc1. The maximum absolute atomic E-state index is 12.1. The maximum Gasteiger partial charge on any atom is 0.204 e. The number of hydrogen-bond donors (Lipinski definition) is 4. The van der Waals surface area contributed by atoms with Gasteiger partial charge < -0.3 is 30.3 Å².